The molecule has 0 bridgehead atoms. The van der Waals surface area contributed by atoms with Gasteiger partial charge in [-0.15, -0.1) is 11.3 Å². The molecule has 88 valence electrons. The van der Waals surface area contributed by atoms with Crippen LogP contribution in [0.1, 0.15) is 15.4 Å². The van der Waals surface area contributed by atoms with Gasteiger partial charge in [0.15, 0.2) is 0 Å². The summed E-state index contributed by atoms with van der Waals surface area (Å²) >= 11 is 7.40. The fraction of sp³-hybridized carbons (Fsp3) is 0.167. The first-order chi connectivity index (χ1) is 8.25. The highest BCUT2D eigenvalue weighted by Gasteiger charge is 2.08. The van der Waals surface area contributed by atoms with Crippen molar-refractivity contribution in [3.8, 4) is 0 Å². The standard InChI is InChI=1S/C12H10ClNO2S/c13-9-3-5-14-11(8-9)12(15)16-6-4-10-2-1-7-17-10/h1-3,5,7-8H,4,6H2. The maximum atomic E-state index is 11.6. The molecule has 3 nitrogen and oxygen atoms in total. The predicted octanol–water partition coefficient (Wildman–Crippen LogP) is 3.20. The van der Waals surface area contributed by atoms with E-state index >= 15 is 0 Å². The van der Waals surface area contributed by atoms with Gasteiger partial charge in [0.1, 0.15) is 5.69 Å². The molecule has 0 aliphatic rings. The molecule has 0 atom stereocenters. The fourth-order valence-corrected chi connectivity index (χ4v) is 2.14. The lowest BCUT2D eigenvalue weighted by molar-refractivity contribution is 0.0503. The Labute approximate surface area is 108 Å². The first kappa shape index (κ1) is 12.1. The van der Waals surface area contributed by atoms with Crippen LogP contribution in [-0.4, -0.2) is 17.6 Å². The Bertz CT molecular complexity index is 499. The first-order valence-corrected chi connectivity index (χ1v) is 6.32. The maximum Gasteiger partial charge on any atom is 0.356 e. The number of hydrogen-bond acceptors (Lipinski definition) is 4. The molecule has 0 unspecified atom stereocenters. The lowest BCUT2D eigenvalue weighted by Gasteiger charge is -2.03. The average Bonchev–Trinajstić information content (AvgIpc) is 2.82. The zero-order chi connectivity index (χ0) is 12.1. The Hall–Kier alpha value is -1.39. The topological polar surface area (TPSA) is 39.2 Å². The number of pyridine rings is 1. The van der Waals surface area contributed by atoms with Gasteiger partial charge in [-0.2, -0.15) is 0 Å². The molecular weight excluding hydrogens is 258 g/mol. The minimum atomic E-state index is -0.441. The summed E-state index contributed by atoms with van der Waals surface area (Å²) in [5, 5.41) is 2.47. The van der Waals surface area contributed by atoms with Crippen molar-refractivity contribution < 1.29 is 9.53 Å². The van der Waals surface area contributed by atoms with E-state index in [0.29, 0.717) is 11.6 Å². The molecule has 0 amide bonds. The van der Waals surface area contributed by atoms with E-state index in [4.69, 9.17) is 16.3 Å². The van der Waals surface area contributed by atoms with Crippen LogP contribution in [0, 0.1) is 0 Å². The van der Waals surface area contributed by atoms with Gasteiger partial charge in [0.05, 0.1) is 6.61 Å². The number of carbonyl (C=O) groups excluding carboxylic acids is 1. The quantitative estimate of drug-likeness (QED) is 0.799. The summed E-state index contributed by atoms with van der Waals surface area (Å²) in [7, 11) is 0. The molecule has 17 heavy (non-hydrogen) atoms. The highest BCUT2D eigenvalue weighted by Crippen LogP contribution is 2.11. The van der Waals surface area contributed by atoms with Crippen LogP contribution in [0.5, 0.6) is 0 Å². The van der Waals surface area contributed by atoms with Gasteiger partial charge in [-0.1, -0.05) is 17.7 Å². The Balaban J connectivity index is 1.85. The summed E-state index contributed by atoms with van der Waals surface area (Å²) in [5.74, 6) is -0.441. The Morgan fingerprint density at radius 3 is 3.06 bits per heavy atom. The first-order valence-electron chi connectivity index (χ1n) is 5.07. The number of carbonyl (C=O) groups is 1. The van der Waals surface area contributed by atoms with E-state index in [0.717, 1.165) is 6.42 Å². The van der Waals surface area contributed by atoms with Crippen LogP contribution in [0.4, 0.5) is 0 Å². The Kier molecular flexibility index (Phi) is 4.12. The lowest BCUT2D eigenvalue weighted by atomic mass is 10.3. The van der Waals surface area contributed by atoms with E-state index in [9.17, 15) is 4.79 Å². The van der Waals surface area contributed by atoms with Gasteiger partial charge in [-0.05, 0) is 23.6 Å². The molecule has 0 saturated carbocycles. The van der Waals surface area contributed by atoms with Crippen LogP contribution < -0.4 is 0 Å². The Morgan fingerprint density at radius 2 is 2.35 bits per heavy atom. The summed E-state index contributed by atoms with van der Waals surface area (Å²) in [5.41, 5.74) is 0.240. The average molecular weight is 268 g/mol. The normalized spacial score (nSPS) is 10.2. The van der Waals surface area contributed by atoms with E-state index in [1.165, 1.54) is 17.1 Å². The highest BCUT2D eigenvalue weighted by atomic mass is 35.5. The number of aromatic nitrogens is 1. The van der Waals surface area contributed by atoms with Crippen LogP contribution in [-0.2, 0) is 11.2 Å². The molecule has 0 fully saturated rings. The van der Waals surface area contributed by atoms with E-state index in [2.05, 4.69) is 4.98 Å². The predicted molar refractivity (Wildman–Crippen MR) is 67.6 cm³/mol. The van der Waals surface area contributed by atoms with Crippen LogP contribution in [0.2, 0.25) is 5.02 Å². The third kappa shape index (κ3) is 3.54. The molecule has 0 aliphatic carbocycles. The lowest BCUT2D eigenvalue weighted by Crippen LogP contribution is -2.09. The van der Waals surface area contributed by atoms with Crippen molar-refractivity contribution in [2.75, 3.05) is 6.61 Å². The molecule has 0 aliphatic heterocycles. The van der Waals surface area contributed by atoms with Crippen LogP contribution in [0.15, 0.2) is 35.8 Å². The minimum absolute atomic E-state index is 0.240. The second kappa shape index (κ2) is 5.80. The van der Waals surface area contributed by atoms with Crippen molar-refractivity contribution in [2.45, 2.75) is 6.42 Å². The minimum Gasteiger partial charge on any atom is -0.461 e. The zero-order valence-electron chi connectivity index (χ0n) is 8.93. The van der Waals surface area contributed by atoms with Gasteiger partial charge in [-0.3, -0.25) is 0 Å². The molecule has 0 saturated heterocycles. The molecular formula is C12H10ClNO2S. The van der Waals surface area contributed by atoms with E-state index in [1.54, 1.807) is 17.4 Å². The zero-order valence-corrected chi connectivity index (χ0v) is 10.5. The molecule has 0 aromatic carbocycles. The van der Waals surface area contributed by atoms with E-state index in [-0.39, 0.29) is 5.69 Å². The number of halogens is 1. The number of thiophene rings is 1. The SMILES string of the molecule is O=C(OCCc1cccs1)c1cc(Cl)ccn1. The molecule has 2 aromatic rings. The summed E-state index contributed by atoms with van der Waals surface area (Å²) < 4.78 is 5.10. The second-order valence-corrected chi connectivity index (χ2v) is 4.79. The molecule has 0 radical (unpaired) electrons. The van der Waals surface area contributed by atoms with Crippen molar-refractivity contribution in [3.05, 3.63) is 51.4 Å². The summed E-state index contributed by atoms with van der Waals surface area (Å²) in [4.78, 5) is 16.7. The van der Waals surface area contributed by atoms with Crippen LogP contribution >= 0.6 is 22.9 Å². The van der Waals surface area contributed by atoms with Crippen molar-refractivity contribution in [1.82, 2.24) is 4.98 Å². The van der Waals surface area contributed by atoms with Gasteiger partial charge in [-0.25, -0.2) is 9.78 Å². The smallest absolute Gasteiger partial charge is 0.356 e. The maximum absolute atomic E-state index is 11.6. The van der Waals surface area contributed by atoms with Crippen molar-refractivity contribution in [3.63, 3.8) is 0 Å². The van der Waals surface area contributed by atoms with Crippen LogP contribution in [0.25, 0.3) is 0 Å². The number of hydrogen-bond donors (Lipinski definition) is 0. The van der Waals surface area contributed by atoms with Gasteiger partial charge in [0.25, 0.3) is 0 Å². The summed E-state index contributed by atoms with van der Waals surface area (Å²) in [6.07, 6.45) is 2.21. The van der Waals surface area contributed by atoms with E-state index in [1.807, 2.05) is 17.5 Å². The van der Waals surface area contributed by atoms with Crippen molar-refractivity contribution in [2.24, 2.45) is 0 Å². The van der Waals surface area contributed by atoms with Gasteiger partial charge < -0.3 is 4.74 Å². The number of esters is 1. The Morgan fingerprint density at radius 1 is 1.47 bits per heavy atom. The number of ether oxygens (including phenoxy) is 1. The van der Waals surface area contributed by atoms with Gasteiger partial charge in [0, 0.05) is 22.5 Å². The molecule has 0 N–H and O–H groups in total. The third-order valence-electron chi connectivity index (χ3n) is 2.09. The summed E-state index contributed by atoms with van der Waals surface area (Å²) in [6, 6.07) is 7.09. The fourth-order valence-electron chi connectivity index (χ4n) is 1.29. The molecule has 2 rings (SSSR count). The molecule has 5 heteroatoms. The monoisotopic (exact) mass is 267 g/mol. The summed E-state index contributed by atoms with van der Waals surface area (Å²) in [6.45, 7) is 0.355. The largest absolute Gasteiger partial charge is 0.461 e. The van der Waals surface area contributed by atoms with Crippen molar-refractivity contribution >= 4 is 28.9 Å². The van der Waals surface area contributed by atoms with Crippen LogP contribution in [0.3, 0.4) is 0 Å². The van der Waals surface area contributed by atoms with Gasteiger partial charge in [0.2, 0.25) is 0 Å². The second-order valence-electron chi connectivity index (χ2n) is 3.32. The molecule has 0 spiro atoms. The number of rotatable bonds is 4. The van der Waals surface area contributed by atoms with Gasteiger partial charge >= 0.3 is 5.97 Å². The highest BCUT2D eigenvalue weighted by molar-refractivity contribution is 7.09. The third-order valence-corrected chi connectivity index (χ3v) is 3.26. The molecule has 2 aromatic heterocycles. The van der Waals surface area contributed by atoms with E-state index < -0.39 is 5.97 Å². The number of nitrogens with zero attached hydrogens (tertiary/aromatic N) is 1. The van der Waals surface area contributed by atoms with Crippen molar-refractivity contribution in [1.29, 1.82) is 0 Å². The molecule has 2 heterocycles.